The van der Waals surface area contributed by atoms with E-state index in [1.165, 1.54) is 4.90 Å². The Hall–Kier alpha value is -0.290. The van der Waals surface area contributed by atoms with Gasteiger partial charge in [-0.2, -0.15) is 13.2 Å². The molecule has 0 bridgehead atoms. The van der Waals surface area contributed by atoms with Crippen molar-refractivity contribution in [2.75, 3.05) is 19.6 Å². The van der Waals surface area contributed by atoms with Crippen molar-refractivity contribution >= 4 is 0 Å². The molecule has 0 aliphatic heterocycles. The molecule has 0 aromatic heterocycles. The van der Waals surface area contributed by atoms with E-state index in [4.69, 9.17) is 5.73 Å². The summed E-state index contributed by atoms with van der Waals surface area (Å²) >= 11 is 0. The summed E-state index contributed by atoms with van der Waals surface area (Å²) in [7, 11) is 0. The lowest BCUT2D eigenvalue weighted by molar-refractivity contribution is -0.186. The van der Waals surface area contributed by atoms with Crippen LogP contribution in [0.1, 0.15) is 32.6 Å². The van der Waals surface area contributed by atoms with Crippen LogP contribution in [0.2, 0.25) is 0 Å². The van der Waals surface area contributed by atoms with Crippen LogP contribution >= 0.6 is 0 Å². The topological polar surface area (TPSA) is 29.3 Å². The minimum Gasteiger partial charge on any atom is -0.330 e. The van der Waals surface area contributed by atoms with E-state index in [2.05, 4.69) is 0 Å². The highest BCUT2D eigenvalue weighted by atomic mass is 19.4. The number of hydrogen-bond donors (Lipinski definition) is 1. The van der Waals surface area contributed by atoms with E-state index in [0.29, 0.717) is 19.0 Å². The third-order valence-corrected chi connectivity index (χ3v) is 3.38. The maximum absolute atomic E-state index is 12.8. The lowest BCUT2D eigenvalue weighted by Crippen LogP contribution is -2.49. The molecule has 0 heterocycles. The van der Waals surface area contributed by atoms with Crippen LogP contribution in [0.15, 0.2) is 0 Å². The third kappa shape index (κ3) is 3.63. The van der Waals surface area contributed by atoms with Gasteiger partial charge in [-0.05, 0) is 38.3 Å². The Kier molecular flexibility index (Phi) is 5.05. The predicted octanol–water partition coefficient (Wildman–Crippen LogP) is 2.39. The van der Waals surface area contributed by atoms with E-state index < -0.39 is 12.2 Å². The summed E-state index contributed by atoms with van der Waals surface area (Å²) in [4.78, 5) is 1.54. The van der Waals surface area contributed by atoms with Crippen molar-refractivity contribution in [1.29, 1.82) is 0 Å². The highest BCUT2D eigenvalue weighted by Crippen LogP contribution is 2.32. The molecule has 0 amide bonds. The molecule has 5 heteroatoms. The molecule has 1 aliphatic carbocycles. The Labute approximate surface area is 95.0 Å². The molecule has 0 radical (unpaired) electrons. The maximum atomic E-state index is 12.8. The van der Waals surface area contributed by atoms with Crippen LogP contribution < -0.4 is 5.73 Å². The number of nitrogens with two attached hydrogens (primary N) is 1. The Balaban J connectivity index is 2.56. The van der Waals surface area contributed by atoms with Crippen LogP contribution in [0, 0.1) is 5.92 Å². The van der Waals surface area contributed by atoms with Crippen molar-refractivity contribution < 1.29 is 13.2 Å². The molecule has 1 atom stereocenters. The molecule has 1 saturated carbocycles. The summed E-state index contributed by atoms with van der Waals surface area (Å²) < 4.78 is 38.5. The number of alkyl halides is 3. The van der Waals surface area contributed by atoms with Gasteiger partial charge in [-0.25, -0.2) is 0 Å². The Bertz CT molecular complexity index is 202. The Morgan fingerprint density at radius 3 is 2.31 bits per heavy atom. The molecule has 0 aromatic rings. The minimum absolute atomic E-state index is 0.00403. The van der Waals surface area contributed by atoms with Crippen molar-refractivity contribution in [1.82, 2.24) is 4.90 Å². The molecule has 2 N–H and O–H groups in total. The van der Waals surface area contributed by atoms with Crippen LogP contribution in [0.4, 0.5) is 13.2 Å². The van der Waals surface area contributed by atoms with Crippen LogP contribution in [0.3, 0.4) is 0 Å². The minimum atomic E-state index is -4.15. The molecule has 1 rings (SSSR count). The van der Waals surface area contributed by atoms with Gasteiger partial charge in [0.25, 0.3) is 0 Å². The van der Waals surface area contributed by atoms with Crippen molar-refractivity contribution in [3.63, 3.8) is 0 Å². The SMILES string of the molecule is CCN(CC1CCC1)C(CCN)C(F)(F)F. The first-order chi connectivity index (χ1) is 7.49. The monoisotopic (exact) mass is 238 g/mol. The number of rotatable bonds is 6. The summed E-state index contributed by atoms with van der Waals surface area (Å²) in [6.45, 7) is 2.89. The van der Waals surface area contributed by atoms with E-state index >= 15 is 0 Å². The van der Waals surface area contributed by atoms with Gasteiger partial charge in [0.05, 0.1) is 0 Å². The van der Waals surface area contributed by atoms with E-state index in [-0.39, 0.29) is 13.0 Å². The third-order valence-electron chi connectivity index (χ3n) is 3.38. The summed E-state index contributed by atoms with van der Waals surface area (Å²) in [6.07, 6.45) is -0.841. The van der Waals surface area contributed by atoms with Gasteiger partial charge in [0.15, 0.2) is 0 Å². The lowest BCUT2D eigenvalue weighted by Gasteiger charge is -2.37. The molecular weight excluding hydrogens is 217 g/mol. The van der Waals surface area contributed by atoms with Crippen LogP contribution in [0.5, 0.6) is 0 Å². The highest BCUT2D eigenvalue weighted by Gasteiger charge is 2.43. The van der Waals surface area contributed by atoms with Crippen molar-refractivity contribution in [3.05, 3.63) is 0 Å². The second kappa shape index (κ2) is 5.87. The first-order valence-corrected chi connectivity index (χ1v) is 5.99. The van der Waals surface area contributed by atoms with Crippen LogP contribution in [-0.2, 0) is 0 Å². The van der Waals surface area contributed by atoms with Gasteiger partial charge in [-0.15, -0.1) is 0 Å². The van der Waals surface area contributed by atoms with E-state index in [0.717, 1.165) is 19.3 Å². The average Bonchev–Trinajstić information content (AvgIpc) is 2.12. The van der Waals surface area contributed by atoms with Gasteiger partial charge >= 0.3 is 6.18 Å². The number of nitrogens with zero attached hydrogens (tertiary/aromatic N) is 1. The first kappa shape index (κ1) is 13.8. The largest absolute Gasteiger partial charge is 0.404 e. The second-order valence-electron chi connectivity index (χ2n) is 4.52. The molecule has 1 aliphatic rings. The van der Waals surface area contributed by atoms with E-state index in [9.17, 15) is 13.2 Å². The van der Waals surface area contributed by atoms with Gasteiger partial charge in [0, 0.05) is 6.54 Å². The normalized spacial score (nSPS) is 19.9. The van der Waals surface area contributed by atoms with Crippen molar-refractivity contribution in [3.8, 4) is 0 Å². The maximum Gasteiger partial charge on any atom is 0.404 e. The molecular formula is C11H21F3N2. The molecule has 1 unspecified atom stereocenters. The molecule has 0 saturated heterocycles. The zero-order valence-corrected chi connectivity index (χ0v) is 9.76. The number of hydrogen-bond acceptors (Lipinski definition) is 2. The molecule has 2 nitrogen and oxygen atoms in total. The van der Waals surface area contributed by atoms with Crippen molar-refractivity contribution in [2.45, 2.75) is 44.8 Å². The predicted molar refractivity (Wildman–Crippen MR) is 58.1 cm³/mol. The molecule has 96 valence electrons. The standard InChI is InChI=1S/C11H21F3N2/c1-2-16(8-9-4-3-5-9)10(6-7-15)11(12,13)14/h9-10H,2-8,15H2,1H3. The summed E-state index contributed by atoms with van der Waals surface area (Å²) in [5.74, 6) is 0.461. The highest BCUT2D eigenvalue weighted by molar-refractivity contribution is 4.82. The zero-order chi connectivity index (χ0) is 12.2. The lowest BCUT2D eigenvalue weighted by atomic mass is 9.84. The van der Waals surface area contributed by atoms with Gasteiger partial charge in [-0.3, -0.25) is 4.90 Å². The Morgan fingerprint density at radius 1 is 1.38 bits per heavy atom. The molecule has 0 aromatic carbocycles. The van der Waals surface area contributed by atoms with E-state index in [1.54, 1.807) is 6.92 Å². The quantitative estimate of drug-likeness (QED) is 0.770. The fourth-order valence-corrected chi connectivity index (χ4v) is 2.19. The van der Waals surface area contributed by atoms with Gasteiger partial charge < -0.3 is 5.73 Å². The smallest absolute Gasteiger partial charge is 0.330 e. The fraction of sp³-hybridized carbons (Fsp3) is 1.00. The number of halogens is 3. The van der Waals surface area contributed by atoms with Crippen molar-refractivity contribution in [2.24, 2.45) is 11.7 Å². The van der Waals surface area contributed by atoms with Gasteiger partial charge in [0.1, 0.15) is 6.04 Å². The molecule has 16 heavy (non-hydrogen) atoms. The van der Waals surface area contributed by atoms with Crippen LogP contribution in [-0.4, -0.2) is 36.8 Å². The van der Waals surface area contributed by atoms with Gasteiger partial charge in [0.2, 0.25) is 0 Å². The molecule has 0 spiro atoms. The average molecular weight is 238 g/mol. The van der Waals surface area contributed by atoms with E-state index in [1.807, 2.05) is 0 Å². The summed E-state index contributed by atoms with van der Waals surface area (Å²) in [6, 6.07) is -1.36. The molecule has 1 fully saturated rings. The van der Waals surface area contributed by atoms with Crippen LogP contribution in [0.25, 0.3) is 0 Å². The second-order valence-corrected chi connectivity index (χ2v) is 4.52. The Morgan fingerprint density at radius 2 is 2.00 bits per heavy atom. The van der Waals surface area contributed by atoms with Gasteiger partial charge in [-0.1, -0.05) is 13.3 Å². The summed E-state index contributed by atoms with van der Waals surface area (Å²) in [5, 5.41) is 0. The summed E-state index contributed by atoms with van der Waals surface area (Å²) in [5.41, 5.74) is 5.27. The first-order valence-electron chi connectivity index (χ1n) is 5.99. The fourth-order valence-electron chi connectivity index (χ4n) is 2.19. The zero-order valence-electron chi connectivity index (χ0n) is 9.76.